The fourth-order valence-electron chi connectivity index (χ4n) is 1.34. The molecule has 0 aliphatic heterocycles. The molecule has 0 aliphatic rings. The maximum atomic E-state index is 11.6. The van der Waals surface area contributed by atoms with Gasteiger partial charge in [-0.25, -0.2) is 0 Å². The molecule has 0 fully saturated rings. The van der Waals surface area contributed by atoms with Gasteiger partial charge in [-0.15, -0.1) is 12.4 Å². The summed E-state index contributed by atoms with van der Waals surface area (Å²) < 4.78 is 0. The smallest absolute Gasteiger partial charge is 0.150 e. The van der Waals surface area contributed by atoms with Crippen molar-refractivity contribution in [2.45, 2.75) is 32.7 Å². The van der Waals surface area contributed by atoms with E-state index in [-0.39, 0.29) is 30.2 Å². The van der Waals surface area contributed by atoms with Crippen LogP contribution in [0.5, 0.6) is 0 Å². The summed E-state index contributed by atoms with van der Waals surface area (Å²) in [5.41, 5.74) is 6.70. The van der Waals surface area contributed by atoms with Crippen molar-refractivity contribution in [3.8, 4) is 0 Å². The Balaban J connectivity index is 0.00000225. The van der Waals surface area contributed by atoms with E-state index in [2.05, 4.69) is 4.98 Å². The summed E-state index contributed by atoms with van der Waals surface area (Å²) in [6.07, 6.45) is 2.90. The van der Waals surface area contributed by atoms with E-state index >= 15 is 0 Å². The summed E-state index contributed by atoms with van der Waals surface area (Å²) in [5.74, 6) is 0.330. The van der Waals surface area contributed by atoms with E-state index in [4.69, 9.17) is 5.73 Å². The van der Waals surface area contributed by atoms with Crippen LogP contribution < -0.4 is 5.73 Å². The van der Waals surface area contributed by atoms with Gasteiger partial charge >= 0.3 is 0 Å². The third kappa shape index (κ3) is 4.73. The largest absolute Gasteiger partial charge is 0.321 e. The molecular weight excluding hydrogens is 224 g/mol. The molecule has 2 N–H and O–H groups in total. The van der Waals surface area contributed by atoms with E-state index in [1.54, 1.807) is 6.20 Å². The van der Waals surface area contributed by atoms with Crippen LogP contribution >= 0.6 is 12.4 Å². The van der Waals surface area contributed by atoms with E-state index in [0.717, 1.165) is 5.69 Å². The number of halogens is 1. The molecular formula is C12H19ClN2O. The lowest BCUT2D eigenvalue weighted by atomic mass is 9.97. The summed E-state index contributed by atoms with van der Waals surface area (Å²) in [6, 6.07) is 5.38. The average Bonchev–Trinajstić information content (AvgIpc) is 2.26. The zero-order valence-corrected chi connectivity index (χ0v) is 10.5. The van der Waals surface area contributed by atoms with Crippen LogP contribution in [0, 0.1) is 5.92 Å². The van der Waals surface area contributed by atoms with Crippen molar-refractivity contribution in [3.63, 3.8) is 0 Å². The third-order valence-corrected chi connectivity index (χ3v) is 2.44. The summed E-state index contributed by atoms with van der Waals surface area (Å²) >= 11 is 0. The van der Waals surface area contributed by atoms with Gasteiger partial charge in [0, 0.05) is 18.3 Å². The lowest BCUT2D eigenvalue weighted by Gasteiger charge is -2.13. The van der Waals surface area contributed by atoms with Gasteiger partial charge < -0.3 is 5.73 Å². The molecule has 1 atom stereocenters. The van der Waals surface area contributed by atoms with Crippen molar-refractivity contribution in [1.82, 2.24) is 4.98 Å². The van der Waals surface area contributed by atoms with Crippen LogP contribution in [0.1, 0.15) is 26.0 Å². The molecule has 1 rings (SSSR count). The number of Topliss-reactive ketones (excluding diaryl/α,β-unsaturated/α-hetero) is 1. The summed E-state index contributed by atoms with van der Waals surface area (Å²) in [5, 5.41) is 0. The standard InChI is InChI=1S/C12H18N2O.ClH/c1-9(2)12(13)11(15)7-6-10-5-3-4-8-14-10;/h3-5,8-9,12H,6-7,13H2,1-2H3;1H/t12-;/m1./s1. The molecule has 1 heterocycles. The molecule has 1 aromatic rings. The minimum Gasteiger partial charge on any atom is -0.321 e. The molecule has 0 bridgehead atoms. The molecule has 0 aliphatic carbocycles. The maximum Gasteiger partial charge on any atom is 0.150 e. The van der Waals surface area contributed by atoms with Crippen LogP contribution in [0.25, 0.3) is 0 Å². The number of carbonyl (C=O) groups is 1. The van der Waals surface area contributed by atoms with Crippen molar-refractivity contribution >= 4 is 18.2 Å². The molecule has 1 aromatic heterocycles. The van der Waals surface area contributed by atoms with Crippen LogP contribution in [0.3, 0.4) is 0 Å². The number of hydrogen-bond donors (Lipinski definition) is 1. The third-order valence-electron chi connectivity index (χ3n) is 2.44. The Morgan fingerprint density at radius 1 is 1.44 bits per heavy atom. The van der Waals surface area contributed by atoms with Crippen molar-refractivity contribution in [1.29, 1.82) is 0 Å². The normalized spacial score (nSPS) is 12.0. The summed E-state index contributed by atoms with van der Waals surface area (Å²) in [4.78, 5) is 15.8. The van der Waals surface area contributed by atoms with Gasteiger partial charge in [0.25, 0.3) is 0 Å². The van der Waals surface area contributed by atoms with E-state index < -0.39 is 0 Å². The molecule has 0 spiro atoms. The molecule has 0 saturated heterocycles. The van der Waals surface area contributed by atoms with Gasteiger partial charge in [-0.3, -0.25) is 9.78 Å². The number of pyridine rings is 1. The monoisotopic (exact) mass is 242 g/mol. The first-order valence-corrected chi connectivity index (χ1v) is 5.29. The highest BCUT2D eigenvalue weighted by atomic mass is 35.5. The van der Waals surface area contributed by atoms with Crippen LogP contribution in [-0.4, -0.2) is 16.8 Å². The molecule has 0 unspecified atom stereocenters. The first-order valence-electron chi connectivity index (χ1n) is 5.29. The molecule has 0 saturated carbocycles. The number of ketones is 1. The Hall–Kier alpha value is -0.930. The van der Waals surface area contributed by atoms with E-state index in [0.29, 0.717) is 12.8 Å². The van der Waals surface area contributed by atoms with Crippen molar-refractivity contribution in [3.05, 3.63) is 30.1 Å². The zero-order chi connectivity index (χ0) is 11.3. The number of aryl methyl sites for hydroxylation is 1. The first-order chi connectivity index (χ1) is 7.11. The topological polar surface area (TPSA) is 56.0 Å². The van der Waals surface area contributed by atoms with Crippen molar-refractivity contribution in [2.75, 3.05) is 0 Å². The van der Waals surface area contributed by atoms with E-state index in [9.17, 15) is 4.79 Å². The number of hydrogen-bond acceptors (Lipinski definition) is 3. The predicted octanol–water partition coefficient (Wildman–Crippen LogP) is 1.99. The molecule has 0 radical (unpaired) electrons. The first kappa shape index (κ1) is 15.1. The number of nitrogens with zero attached hydrogens (tertiary/aromatic N) is 1. The highest BCUT2D eigenvalue weighted by Crippen LogP contribution is 2.05. The number of nitrogens with two attached hydrogens (primary N) is 1. The Labute approximate surface area is 103 Å². The minimum atomic E-state index is -0.339. The molecule has 0 aromatic carbocycles. The van der Waals surface area contributed by atoms with Gasteiger partial charge in [-0.1, -0.05) is 19.9 Å². The second-order valence-corrected chi connectivity index (χ2v) is 4.06. The second kappa shape index (κ2) is 7.36. The SMILES string of the molecule is CC(C)[C@@H](N)C(=O)CCc1ccccn1.Cl. The summed E-state index contributed by atoms with van der Waals surface area (Å²) in [7, 11) is 0. The van der Waals surface area contributed by atoms with E-state index in [1.165, 1.54) is 0 Å². The van der Waals surface area contributed by atoms with Crippen LogP contribution in [0.2, 0.25) is 0 Å². The quantitative estimate of drug-likeness (QED) is 0.859. The lowest BCUT2D eigenvalue weighted by Crippen LogP contribution is -2.35. The fraction of sp³-hybridized carbons (Fsp3) is 0.500. The van der Waals surface area contributed by atoms with Gasteiger partial charge in [0.05, 0.1) is 6.04 Å². The average molecular weight is 243 g/mol. The highest BCUT2D eigenvalue weighted by Gasteiger charge is 2.16. The lowest BCUT2D eigenvalue weighted by molar-refractivity contribution is -0.121. The molecule has 3 nitrogen and oxygen atoms in total. The fourth-order valence-corrected chi connectivity index (χ4v) is 1.34. The highest BCUT2D eigenvalue weighted by molar-refractivity contribution is 5.85. The Bertz CT molecular complexity index is 314. The molecule has 90 valence electrons. The Morgan fingerprint density at radius 2 is 2.12 bits per heavy atom. The van der Waals surface area contributed by atoms with Gasteiger partial charge in [0.1, 0.15) is 5.78 Å². The van der Waals surface area contributed by atoms with Crippen LogP contribution in [-0.2, 0) is 11.2 Å². The Kier molecular flexibility index (Phi) is 6.93. The molecule has 0 amide bonds. The summed E-state index contributed by atoms with van der Waals surface area (Å²) in [6.45, 7) is 3.92. The molecule has 4 heteroatoms. The van der Waals surface area contributed by atoms with Gasteiger partial charge in [0.2, 0.25) is 0 Å². The van der Waals surface area contributed by atoms with Crippen molar-refractivity contribution in [2.24, 2.45) is 11.7 Å². The number of carbonyl (C=O) groups excluding carboxylic acids is 1. The van der Waals surface area contributed by atoms with Crippen molar-refractivity contribution < 1.29 is 4.79 Å². The van der Waals surface area contributed by atoms with Gasteiger partial charge in [-0.05, 0) is 24.5 Å². The van der Waals surface area contributed by atoms with Crippen LogP contribution in [0.4, 0.5) is 0 Å². The minimum absolute atomic E-state index is 0. The Morgan fingerprint density at radius 3 is 2.62 bits per heavy atom. The molecule has 16 heavy (non-hydrogen) atoms. The number of aromatic nitrogens is 1. The maximum absolute atomic E-state index is 11.6. The van der Waals surface area contributed by atoms with Gasteiger partial charge in [0.15, 0.2) is 0 Å². The number of rotatable bonds is 5. The van der Waals surface area contributed by atoms with E-state index in [1.807, 2.05) is 32.0 Å². The van der Waals surface area contributed by atoms with Gasteiger partial charge in [-0.2, -0.15) is 0 Å². The zero-order valence-electron chi connectivity index (χ0n) is 9.72. The van der Waals surface area contributed by atoms with Crippen LogP contribution in [0.15, 0.2) is 24.4 Å². The predicted molar refractivity (Wildman–Crippen MR) is 67.6 cm³/mol. The second-order valence-electron chi connectivity index (χ2n) is 4.06.